The van der Waals surface area contributed by atoms with E-state index in [0.717, 1.165) is 16.9 Å². The summed E-state index contributed by atoms with van der Waals surface area (Å²) in [5.41, 5.74) is 3.53. The first-order valence-electron chi connectivity index (χ1n) is 11.4. The monoisotopic (exact) mass is 477 g/mol. The molecular weight excluding hydrogens is 449 g/mol. The zero-order chi connectivity index (χ0) is 24.9. The van der Waals surface area contributed by atoms with Crippen LogP contribution in [-0.4, -0.2) is 51.7 Å². The first-order valence-corrected chi connectivity index (χ1v) is 11.4. The average Bonchev–Trinajstić information content (AvgIpc) is 3.41. The number of ether oxygens (including phenoxy) is 1. The van der Waals surface area contributed by atoms with Crippen molar-refractivity contribution in [3.05, 3.63) is 83.3 Å². The molecule has 1 aromatic heterocycles. The van der Waals surface area contributed by atoms with Crippen molar-refractivity contribution in [2.75, 3.05) is 20.3 Å². The van der Waals surface area contributed by atoms with Crippen LogP contribution in [0.15, 0.2) is 65.7 Å². The lowest BCUT2D eigenvalue weighted by atomic mass is 10.0. The highest BCUT2D eigenvalue weighted by Gasteiger charge is 2.37. The molecule has 0 spiro atoms. The minimum Gasteiger partial charge on any atom is -0.495 e. The quantitative estimate of drug-likeness (QED) is 0.484. The number of nitrogens with one attached hydrogen (secondary N) is 1. The zero-order valence-electron chi connectivity index (χ0n) is 19.9. The van der Waals surface area contributed by atoms with Crippen LogP contribution in [0.3, 0.4) is 0 Å². The summed E-state index contributed by atoms with van der Waals surface area (Å²) < 4.78 is 21.0. The van der Waals surface area contributed by atoms with E-state index in [0.29, 0.717) is 29.5 Å². The van der Waals surface area contributed by atoms with Crippen LogP contribution in [0.2, 0.25) is 0 Å². The topological polar surface area (TPSA) is 92.0 Å². The number of guanidine groups is 1. The van der Waals surface area contributed by atoms with Gasteiger partial charge in [-0.15, -0.1) is 0 Å². The minimum absolute atomic E-state index is 0.142. The molecule has 3 aromatic rings. The highest BCUT2D eigenvalue weighted by molar-refractivity contribution is 6.15. The van der Waals surface area contributed by atoms with E-state index in [-0.39, 0.29) is 24.8 Å². The summed E-state index contributed by atoms with van der Waals surface area (Å²) in [5, 5.41) is 12.8. The fraction of sp³-hybridized carbons (Fsp3) is 0.269. The largest absolute Gasteiger partial charge is 0.495 e. The second-order valence-corrected chi connectivity index (χ2v) is 8.09. The van der Waals surface area contributed by atoms with Crippen LogP contribution in [0, 0.1) is 12.7 Å². The van der Waals surface area contributed by atoms with E-state index in [1.807, 2.05) is 42.8 Å². The molecule has 1 amide bonds. The van der Waals surface area contributed by atoms with E-state index in [1.165, 1.54) is 17.0 Å². The second kappa shape index (κ2) is 10.5. The number of nitrogens with zero attached hydrogens (tertiary/aromatic N) is 4. The molecule has 2 aromatic carbocycles. The summed E-state index contributed by atoms with van der Waals surface area (Å²) in [6.07, 6.45) is 5.64. The normalized spacial score (nSPS) is 16.7. The number of aliphatic hydroxyl groups is 1. The van der Waals surface area contributed by atoms with Crippen molar-refractivity contribution in [2.24, 2.45) is 4.99 Å². The number of halogens is 1. The van der Waals surface area contributed by atoms with Crippen LogP contribution in [0.4, 0.5) is 4.39 Å². The summed E-state index contributed by atoms with van der Waals surface area (Å²) in [6.45, 7) is 4.11. The van der Waals surface area contributed by atoms with Crippen LogP contribution in [-0.2, 0) is 4.79 Å². The number of hydrogen-bond acceptors (Lipinski definition) is 5. The minimum atomic E-state index is -0.502. The molecule has 4 rings (SSSR count). The lowest BCUT2D eigenvalue weighted by molar-refractivity contribution is -0.124. The molecule has 8 nitrogen and oxygen atoms in total. The maximum Gasteiger partial charge on any atom is 0.277 e. The van der Waals surface area contributed by atoms with Crippen molar-refractivity contribution in [2.45, 2.75) is 26.3 Å². The van der Waals surface area contributed by atoms with Gasteiger partial charge in [0, 0.05) is 19.3 Å². The van der Waals surface area contributed by atoms with Crippen molar-refractivity contribution in [3.63, 3.8) is 0 Å². The van der Waals surface area contributed by atoms with E-state index in [1.54, 1.807) is 31.6 Å². The predicted octanol–water partition coefficient (Wildman–Crippen LogP) is 3.60. The van der Waals surface area contributed by atoms with Crippen molar-refractivity contribution >= 4 is 17.9 Å². The maximum atomic E-state index is 13.5. The number of amides is 1. The summed E-state index contributed by atoms with van der Waals surface area (Å²) in [4.78, 5) is 23.8. The van der Waals surface area contributed by atoms with Crippen molar-refractivity contribution in [3.8, 4) is 11.4 Å². The molecular formula is C26H28FN5O3. The highest BCUT2D eigenvalue weighted by Crippen LogP contribution is 2.31. The van der Waals surface area contributed by atoms with Crippen LogP contribution in [0.1, 0.15) is 36.2 Å². The van der Waals surface area contributed by atoms with Gasteiger partial charge >= 0.3 is 0 Å². The molecule has 0 aliphatic carbocycles. The first-order chi connectivity index (χ1) is 16.9. The standard InChI is InChI=1S/C26H28FN5O3/c1-4-28-26-30-21(25(34)32(26)22(11-12-33)19-6-8-20(27)9-7-19)13-18-5-10-23(24(14-18)35-3)31-15-17(2)29-16-31/h5-10,13-16,22,33H,4,11-12H2,1-3H3,(H,28,30)/b21-13-/t22-/m1/s1. The third-order valence-corrected chi connectivity index (χ3v) is 5.71. The number of aliphatic imine (C=N–C) groups is 1. The van der Waals surface area contributed by atoms with Gasteiger partial charge in [-0.25, -0.2) is 9.37 Å². The third-order valence-electron chi connectivity index (χ3n) is 5.71. The van der Waals surface area contributed by atoms with Gasteiger partial charge in [-0.2, -0.15) is 0 Å². The summed E-state index contributed by atoms with van der Waals surface area (Å²) >= 11 is 0. The van der Waals surface area contributed by atoms with Crippen molar-refractivity contribution in [1.82, 2.24) is 19.8 Å². The van der Waals surface area contributed by atoms with Crippen LogP contribution >= 0.6 is 0 Å². The van der Waals surface area contributed by atoms with E-state index in [4.69, 9.17) is 4.74 Å². The SMILES string of the molecule is CCN=C1N/C(=C\c2ccc(-n3cnc(C)c3)c(OC)c2)C(=O)N1[C@H](CCO)c1ccc(F)cc1. The Morgan fingerprint density at radius 3 is 2.66 bits per heavy atom. The summed E-state index contributed by atoms with van der Waals surface area (Å²) in [5.74, 6) is 0.372. The van der Waals surface area contributed by atoms with Crippen LogP contribution in [0.5, 0.6) is 5.75 Å². The number of imidazole rings is 1. The highest BCUT2D eigenvalue weighted by atomic mass is 19.1. The number of methoxy groups -OCH3 is 1. The maximum absolute atomic E-state index is 13.5. The number of benzene rings is 2. The zero-order valence-corrected chi connectivity index (χ0v) is 19.9. The van der Waals surface area contributed by atoms with Gasteiger partial charge in [0.1, 0.15) is 17.3 Å². The Hall–Kier alpha value is -3.98. The lowest BCUT2D eigenvalue weighted by Gasteiger charge is -2.27. The van der Waals surface area contributed by atoms with E-state index in [2.05, 4.69) is 15.3 Å². The molecule has 35 heavy (non-hydrogen) atoms. The molecule has 2 N–H and O–H groups in total. The lowest BCUT2D eigenvalue weighted by Crippen LogP contribution is -2.37. The van der Waals surface area contributed by atoms with Crippen molar-refractivity contribution < 1.29 is 19.0 Å². The van der Waals surface area contributed by atoms with Gasteiger partial charge in [0.15, 0.2) is 0 Å². The number of carbonyl (C=O) groups is 1. The van der Waals surface area contributed by atoms with Gasteiger partial charge < -0.3 is 19.7 Å². The molecule has 1 atom stereocenters. The molecule has 1 saturated heterocycles. The fourth-order valence-corrected chi connectivity index (χ4v) is 4.08. The molecule has 9 heteroatoms. The Labute approximate surface area is 203 Å². The Bertz CT molecular complexity index is 1270. The molecule has 1 aliphatic heterocycles. The number of carbonyl (C=O) groups excluding carboxylic acids is 1. The van der Waals surface area contributed by atoms with Crippen LogP contribution < -0.4 is 10.1 Å². The Morgan fingerprint density at radius 2 is 2.03 bits per heavy atom. The Balaban J connectivity index is 1.69. The number of aryl methyl sites for hydroxylation is 1. The number of aromatic nitrogens is 2. The number of hydrogen-bond donors (Lipinski definition) is 2. The summed E-state index contributed by atoms with van der Waals surface area (Å²) in [6, 6.07) is 11.1. The molecule has 0 radical (unpaired) electrons. The van der Waals surface area contributed by atoms with E-state index in [9.17, 15) is 14.3 Å². The molecule has 182 valence electrons. The van der Waals surface area contributed by atoms with Gasteiger partial charge in [-0.1, -0.05) is 18.2 Å². The van der Waals surface area contributed by atoms with E-state index >= 15 is 0 Å². The molecule has 1 fully saturated rings. The smallest absolute Gasteiger partial charge is 0.277 e. The number of aliphatic hydroxyl groups excluding tert-OH is 1. The predicted molar refractivity (Wildman–Crippen MR) is 132 cm³/mol. The molecule has 1 aliphatic rings. The fourth-order valence-electron chi connectivity index (χ4n) is 4.08. The van der Waals surface area contributed by atoms with Gasteiger partial charge in [0.25, 0.3) is 5.91 Å². The van der Waals surface area contributed by atoms with Gasteiger partial charge in [0.05, 0.1) is 30.9 Å². The van der Waals surface area contributed by atoms with Gasteiger partial charge in [0.2, 0.25) is 5.96 Å². The third kappa shape index (κ3) is 5.09. The number of rotatable bonds is 8. The first kappa shape index (κ1) is 24.2. The van der Waals surface area contributed by atoms with Gasteiger partial charge in [-0.05, 0) is 61.7 Å². The average molecular weight is 478 g/mol. The Morgan fingerprint density at radius 1 is 1.26 bits per heavy atom. The van der Waals surface area contributed by atoms with E-state index < -0.39 is 6.04 Å². The van der Waals surface area contributed by atoms with Crippen LogP contribution in [0.25, 0.3) is 11.8 Å². The Kier molecular flexibility index (Phi) is 7.26. The second-order valence-electron chi connectivity index (χ2n) is 8.09. The molecule has 2 heterocycles. The summed E-state index contributed by atoms with van der Waals surface area (Å²) in [7, 11) is 1.59. The molecule has 0 unspecified atom stereocenters. The molecule has 0 saturated carbocycles. The van der Waals surface area contributed by atoms with Gasteiger partial charge in [-0.3, -0.25) is 14.7 Å². The molecule has 0 bridgehead atoms. The van der Waals surface area contributed by atoms with Crippen molar-refractivity contribution in [1.29, 1.82) is 0 Å².